The standard InChI is InChI=1S/C28H35N3O2/c29-21-28(23-11-5-2-6-12-23)16-19-31(20-17-28)27(33)25-14-8-7-13-24(25)26(32)30-18-15-22-9-3-1-4-10-22/h2,5-9,11-12,24-25H,1,3-4,10,13-20H2,(H,30,32). The van der Waals surface area contributed by atoms with Gasteiger partial charge in [-0.3, -0.25) is 9.59 Å². The molecular formula is C28H35N3O2. The Balaban J connectivity index is 1.34. The van der Waals surface area contributed by atoms with Crippen LogP contribution in [0.3, 0.4) is 0 Å². The number of rotatable bonds is 6. The fourth-order valence-electron chi connectivity index (χ4n) is 5.55. The van der Waals surface area contributed by atoms with E-state index in [0.717, 1.165) is 24.8 Å². The van der Waals surface area contributed by atoms with Crippen LogP contribution in [0, 0.1) is 23.2 Å². The number of hydrogen-bond acceptors (Lipinski definition) is 3. The molecule has 2 atom stereocenters. The van der Waals surface area contributed by atoms with Crippen LogP contribution in [0.2, 0.25) is 0 Å². The molecule has 1 aromatic carbocycles. The number of hydrogen-bond donors (Lipinski definition) is 1. The Labute approximate surface area is 197 Å². The van der Waals surface area contributed by atoms with E-state index in [1.54, 1.807) is 0 Å². The second kappa shape index (κ2) is 10.8. The number of likely N-dealkylation sites (tertiary alicyclic amines) is 1. The van der Waals surface area contributed by atoms with E-state index in [2.05, 4.69) is 17.5 Å². The third-order valence-electron chi connectivity index (χ3n) is 7.69. The van der Waals surface area contributed by atoms with Gasteiger partial charge in [0, 0.05) is 19.6 Å². The summed E-state index contributed by atoms with van der Waals surface area (Å²) in [7, 11) is 0. The van der Waals surface area contributed by atoms with Crippen LogP contribution in [-0.2, 0) is 15.0 Å². The zero-order valence-electron chi connectivity index (χ0n) is 19.5. The second-order valence-electron chi connectivity index (χ2n) is 9.69. The van der Waals surface area contributed by atoms with Crippen LogP contribution in [0.1, 0.15) is 63.4 Å². The molecule has 174 valence electrons. The van der Waals surface area contributed by atoms with Crippen LogP contribution in [0.25, 0.3) is 0 Å². The molecule has 1 aromatic rings. The molecule has 1 N–H and O–H groups in total. The second-order valence-corrected chi connectivity index (χ2v) is 9.69. The van der Waals surface area contributed by atoms with Gasteiger partial charge in [0.2, 0.25) is 11.8 Å². The van der Waals surface area contributed by atoms with Crippen molar-refractivity contribution >= 4 is 11.8 Å². The molecule has 2 amide bonds. The van der Waals surface area contributed by atoms with E-state index < -0.39 is 5.41 Å². The van der Waals surface area contributed by atoms with Gasteiger partial charge in [0.05, 0.1) is 23.3 Å². The highest BCUT2D eigenvalue weighted by molar-refractivity contribution is 5.88. The lowest BCUT2D eigenvalue weighted by Gasteiger charge is -2.40. The number of carbonyl (C=O) groups excluding carboxylic acids is 2. The quantitative estimate of drug-likeness (QED) is 0.647. The highest BCUT2D eigenvalue weighted by atomic mass is 16.2. The number of nitrogens with zero attached hydrogens (tertiary/aromatic N) is 2. The summed E-state index contributed by atoms with van der Waals surface area (Å²) in [5, 5.41) is 13.0. The van der Waals surface area contributed by atoms with Crippen LogP contribution in [-0.4, -0.2) is 36.3 Å². The molecule has 0 radical (unpaired) electrons. The Morgan fingerprint density at radius 1 is 1.06 bits per heavy atom. The molecule has 1 saturated heterocycles. The van der Waals surface area contributed by atoms with Crippen molar-refractivity contribution in [2.75, 3.05) is 19.6 Å². The van der Waals surface area contributed by atoms with Gasteiger partial charge in [-0.15, -0.1) is 0 Å². The van der Waals surface area contributed by atoms with Gasteiger partial charge < -0.3 is 10.2 Å². The first-order chi connectivity index (χ1) is 16.1. The monoisotopic (exact) mass is 445 g/mol. The Morgan fingerprint density at radius 3 is 2.45 bits per heavy atom. The molecule has 3 aliphatic rings. The van der Waals surface area contributed by atoms with Gasteiger partial charge in [0.15, 0.2) is 0 Å². The molecule has 2 unspecified atom stereocenters. The van der Waals surface area contributed by atoms with Crippen molar-refractivity contribution < 1.29 is 9.59 Å². The fraction of sp³-hybridized carbons (Fsp3) is 0.536. The third kappa shape index (κ3) is 5.38. The number of benzene rings is 1. The van der Waals surface area contributed by atoms with Gasteiger partial charge >= 0.3 is 0 Å². The number of piperidine rings is 1. The summed E-state index contributed by atoms with van der Waals surface area (Å²) in [4.78, 5) is 28.3. The van der Waals surface area contributed by atoms with Gasteiger partial charge in [-0.05, 0) is 63.4 Å². The molecule has 5 nitrogen and oxygen atoms in total. The van der Waals surface area contributed by atoms with Crippen LogP contribution < -0.4 is 5.32 Å². The highest BCUT2D eigenvalue weighted by Crippen LogP contribution is 2.36. The normalized spacial score (nSPS) is 24.5. The first kappa shape index (κ1) is 23.3. The predicted octanol–water partition coefficient (Wildman–Crippen LogP) is 4.66. The molecule has 33 heavy (non-hydrogen) atoms. The highest BCUT2D eigenvalue weighted by Gasteiger charge is 2.41. The summed E-state index contributed by atoms with van der Waals surface area (Å²) >= 11 is 0. The molecule has 0 aromatic heterocycles. The average Bonchev–Trinajstić information content (AvgIpc) is 2.89. The van der Waals surface area contributed by atoms with E-state index in [9.17, 15) is 14.9 Å². The zero-order valence-corrected chi connectivity index (χ0v) is 19.5. The molecule has 1 heterocycles. The Hall–Kier alpha value is -2.87. The summed E-state index contributed by atoms with van der Waals surface area (Å²) < 4.78 is 0. The summed E-state index contributed by atoms with van der Waals surface area (Å²) in [6.07, 6.45) is 14.6. The zero-order chi connectivity index (χ0) is 23.1. The molecular weight excluding hydrogens is 410 g/mol. The molecule has 0 bridgehead atoms. The lowest BCUT2D eigenvalue weighted by Crippen LogP contribution is -2.49. The molecule has 0 saturated carbocycles. The summed E-state index contributed by atoms with van der Waals surface area (Å²) in [6.45, 7) is 1.77. The maximum absolute atomic E-state index is 13.4. The molecule has 4 rings (SSSR count). The predicted molar refractivity (Wildman–Crippen MR) is 129 cm³/mol. The fourth-order valence-corrected chi connectivity index (χ4v) is 5.55. The molecule has 1 fully saturated rings. The summed E-state index contributed by atoms with van der Waals surface area (Å²) in [6, 6.07) is 12.4. The topological polar surface area (TPSA) is 73.2 Å². The Bertz CT molecular complexity index is 936. The first-order valence-electron chi connectivity index (χ1n) is 12.5. The van der Waals surface area contributed by atoms with E-state index >= 15 is 0 Å². The van der Waals surface area contributed by atoms with Crippen molar-refractivity contribution in [1.82, 2.24) is 10.2 Å². The third-order valence-corrected chi connectivity index (χ3v) is 7.69. The minimum atomic E-state index is -0.533. The SMILES string of the molecule is N#CC1(c2ccccc2)CCN(C(=O)C2CC=CCC2C(=O)NCCC2=CCCCC2)CC1. The number of nitriles is 1. The first-order valence-corrected chi connectivity index (χ1v) is 12.5. The lowest BCUT2D eigenvalue weighted by atomic mass is 9.73. The minimum Gasteiger partial charge on any atom is -0.356 e. The van der Waals surface area contributed by atoms with Crippen molar-refractivity contribution in [2.45, 2.75) is 63.2 Å². The van der Waals surface area contributed by atoms with Gasteiger partial charge in [-0.1, -0.05) is 54.1 Å². The molecule has 2 aliphatic carbocycles. The van der Waals surface area contributed by atoms with Gasteiger partial charge in [0.25, 0.3) is 0 Å². The van der Waals surface area contributed by atoms with Crippen molar-refractivity contribution in [2.24, 2.45) is 11.8 Å². The number of nitrogens with one attached hydrogen (secondary N) is 1. The molecule has 1 aliphatic heterocycles. The van der Waals surface area contributed by atoms with Gasteiger partial charge in [-0.25, -0.2) is 0 Å². The van der Waals surface area contributed by atoms with E-state index in [1.807, 2.05) is 47.4 Å². The molecule has 5 heteroatoms. The number of allylic oxidation sites excluding steroid dienone is 3. The minimum absolute atomic E-state index is 0.00164. The lowest BCUT2D eigenvalue weighted by molar-refractivity contribution is -0.143. The summed E-state index contributed by atoms with van der Waals surface area (Å²) in [5.74, 6) is -0.550. The molecule has 0 spiro atoms. The van der Waals surface area contributed by atoms with Gasteiger partial charge in [0.1, 0.15) is 0 Å². The maximum atomic E-state index is 13.4. The van der Waals surface area contributed by atoms with E-state index in [-0.39, 0.29) is 23.7 Å². The van der Waals surface area contributed by atoms with Crippen LogP contribution in [0.4, 0.5) is 0 Å². The largest absolute Gasteiger partial charge is 0.356 e. The van der Waals surface area contributed by atoms with Crippen molar-refractivity contribution in [3.63, 3.8) is 0 Å². The van der Waals surface area contributed by atoms with Crippen LogP contribution in [0.15, 0.2) is 54.1 Å². The van der Waals surface area contributed by atoms with Crippen molar-refractivity contribution in [1.29, 1.82) is 5.26 Å². The van der Waals surface area contributed by atoms with E-state index in [4.69, 9.17) is 0 Å². The van der Waals surface area contributed by atoms with Crippen molar-refractivity contribution in [3.8, 4) is 6.07 Å². The van der Waals surface area contributed by atoms with Crippen LogP contribution in [0.5, 0.6) is 0 Å². The van der Waals surface area contributed by atoms with E-state index in [0.29, 0.717) is 45.3 Å². The maximum Gasteiger partial charge on any atom is 0.226 e. The van der Waals surface area contributed by atoms with Gasteiger partial charge in [-0.2, -0.15) is 5.26 Å². The summed E-state index contributed by atoms with van der Waals surface area (Å²) in [5.41, 5.74) is 1.95. The average molecular weight is 446 g/mol. The smallest absolute Gasteiger partial charge is 0.226 e. The Morgan fingerprint density at radius 2 is 1.79 bits per heavy atom. The van der Waals surface area contributed by atoms with Crippen molar-refractivity contribution in [3.05, 3.63) is 59.7 Å². The Kier molecular flexibility index (Phi) is 7.65. The van der Waals surface area contributed by atoms with E-state index in [1.165, 1.54) is 18.4 Å². The van der Waals surface area contributed by atoms with Crippen LogP contribution >= 0.6 is 0 Å². The number of carbonyl (C=O) groups is 2. The number of amides is 2.